The van der Waals surface area contributed by atoms with Gasteiger partial charge in [-0.05, 0) is 6.42 Å². The van der Waals surface area contributed by atoms with E-state index in [4.69, 9.17) is 9.47 Å². The highest BCUT2D eigenvalue weighted by molar-refractivity contribution is 5.86. The molecule has 1 spiro atoms. The van der Waals surface area contributed by atoms with Crippen molar-refractivity contribution in [2.75, 3.05) is 40.9 Å². The Morgan fingerprint density at radius 2 is 2.10 bits per heavy atom. The maximum absolute atomic E-state index is 11.5. The van der Waals surface area contributed by atoms with Gasteiger partial charge in [0.2, 0.25) is 5.91 Å². The van der Waals surface area contributed by atoms with Gasteiger partial charge >= 0.3 is 0 Å². The minimum atomic E-state index is -0.393. The molecule has 2 aliphatic rings. The Morgan fingerprint density at radius 3 is 2.70 bits per heavy atom. The highest BCUT2D eigenvalue weighted by atomic mass is 16.7. The van der Waals surface area contributed by atoms with E-state index in [0.29, 0.717) is 19.2 Å². The molecular formula is C13H24N4O3. The summed E-state index contributed by atoms with van der Waals surface area (Å²) in [5.41, 5.74) is 0. The molecule has 0 bridgehead atoms. The topological polar surface area (TPSA) is 75.2 Å². The monoisotopic (exact) mass is 284 g/mol. The lowest BCUT2D eigenvalue weighted by Crippen LogP contribution is -2.46. The number of likely N-dealkylation sites (N-methyl/N-ethyl adjacent to an activating group) is 1. The summed E-state index contributed by atoms with van der Waals surface area (Å²) in [6.07, 6.45) is 2.69. The van der Waals surface area contributed by atoms with Crippen LogP contribution in [0.1, 0.15) is 19.3 Å². The molecule has 1 unspecified atom stereocenters. The second-order valence-corrected chi connectivity index (χ2v) is 5.41. The minimum Gasteiger partial charge on any atom is -0.353 e. The molecule has 1 amide bonds. The number of nitrogens with one attached hydrogen (secondary N) is 2. The molecule has 1 atom stereocenters. The number of aliphatic imine (C=N–C) groups is 1. The van der Waals surface area contributed by atoms with Gasteiger partial charge in [0, 0.05) is 40.0 Å². The van der Waals surface area contributed by atoms with Gasteiger partial charge in [-0.15, -0.1) is 0 Å². The van der Waals surface area contributed by atoms with Gasteiger partial charge < -0.3 is 25.0 Å². The first-order chi connectivity index (χ1) is 9.54. The molecular weight excluding hydrogens is 260 g/mol. The largest absolute Gasteiger partial charge is 0.353 e. The molecule has 0 radical (unpaired) electrons. The molecule has 114 valence electrons. The van der Waals surface area contributed by atoms with Crippen LogP contribution >= 0.6 is 0 Å². The molecule has 1 saturated carbocycles. The quantitative estimate of drug-likeness (QED) is 0.541. The maximum Gasteiger partial charge on any atom is 0.241 e. The van der Waals surface area contributed by atoms with Gasteiger partial charge in [0.25, 0.3) is 0 Å². The van der Waals surface area contributed by atoms with Crippen LogP contribution in [0, 0.1) is 0 Å². The van der Waals surface area contributed by atoms with E-state index in [0.717, 1.165) is 19.3 Å². The molecule has 1 saturated heterocycles. The molecule has 7 nitrogen and oxygen atoms in total. The van der Waals surface area contributed by atoms with Gasteiger partial charge in [-0.3, -0.25) is 9.79 Å². The predicted molar refractivity (Wildman–Crippen MR) is 75.5 cm³/mol. The van der Waals surface area contributed by atoms with Crippen molar-refractivity contribution in [3.8, 4) is 0 Å². The van der Waals surface area contributed by atoms with E-state index in [1.165, 1.54) is 0 Å². The van der Waals surface area contributed by atoms with Crippen LogP contribution < -0.4 is 10.6 Å². The van der Waals surface area contributed by atoms with Crippen molar-refractivity contribution < 1.29 is 14.3 Å². The lowest BCUT2D eigenvalue weighted by atomic mass is 10.2. The second-order valence-electron chi connectivity index (χ2n) is 5.41. The van der Waals surface area contributed by atoms with Gasteiger partial charge in [-0.25, -0.2) is 0 Å². The van der Waals surface area contributed by atoms with Crippen molar-refractivity contribution in [2.45, 2.75) is 31.1 Å². The normalized spacial score (nSPS) is 24.9. The molecule has 20 heavy (non-hydrogen) atoms. The summed E-state index contributed by atoms with van der Waals surface area (Å²) >= 11 is 0. The zero-order chi connectivity index (χ0) is 14.6. The number of hydrogen-bond donors (Lipinski definition) is 2. The molecule has 0 aromatic carbocycles. The van der Waals surface area contributed by atoms with E-state index in [2.05, 4.69) is 15.6 Å². The van der Waals surface area contributed by atoms with Crippen LogP contribution in [0.15, 0.2) is 4.99 Å². The Hall–Kier alpha value is -1.34. The Morgan fingerprint density at radius 1 is 1.40 bits per heavy atom. The van der Waals surface area contributed by atoms with E-state index in [-0.39, 0.29) is 18.5 Å². The van der Waals surface area contributed by atoms with E-state index in [9.17, 15) is 4.79 Å². The van der Waals surface area contributed by atoms with E-state index in [1.807, 2.05) is 0 Å². The van der Waals surface area contributed by atoms with E-state index in [1.54, 1.807) is 26.0 Å². The van der Waals surface area contributed by atoms with Crippen LogP contribution in [0.5, 0.6) is 0 Å². The fourth-order valence-corrected chi connectivity index (χ4v) is 2.56. The third kappa shape index (κ3) is 3.61. The Bertz CT molecular complexity index is 378. The summed E-state index contributed by atoms with van der Waals surface area (Å²) in [5.74, 6) is 0.259. The molecule has 2 fully saturated rings. The smallest absolute Gasteiger partial charge is 0.241 e. The lowest BCUT2D eigenvalue weighted by Gasteiger charge is -2.22. The molecule has 2 rings (SSSR count). The third-order valence-corrected chi connectivity index (χ3v) is 3.71. The van der Waals surface area contributed by atoms with Crippen LogP contribution in [0.2, 0.25) is 0 Å². The van der Waals surface area contributed by atoms with Crippen LogP contribution in [-0.2, 0) is 14.3 Å². The summed E-state index contributed by atoms with van der Waals surface area (Å²) in [6.45, 7) is 1.59. The van der Waals surface area contributed by atoms with Crippen molar-refractivity contribution in [1.82, 2.24) is 15.5 Å². The number of guanidine groups is 1. The van der Waals surface area contributed by atoms with Crippen molar-refractivity contribution in [1.29, 1.82) is 0 Å². The van der Waals surface area contributed by atoms with Crippen molar-refractivity contribution >= 4 is 11.9 Å². The van der Waals surface area contributed by atoms with Crippen LogP contribution in [0.25, 0.3) is 0 Å². The Labute approximate surface area is 119 Å². The number of hydrogen-bond acceptors (Lipinski definition) is 4. The molecule has 1 aliphatic carbocycles. The minimum absolute atomic E-state index is 0.0123. The van der Waals surface area contributed by atoms with Crippen LogP contribution in [0.4, 0.5) is 0 Å². The second kappa shape index (κ2) is 6.41. The van der Waals surface area contributed by atoms with Gasteiger partial charge in [-0.2, -0.15) is 0 Å². The third-order valence-electron chi connectivity index (χ3n) is 3.71. The molecule has 1 aliphatic heterocycles. The van der Waals surface area contributed by atoms with Crippen molar-refractivity contribution in [2.24, 2.45) is 4.99 Å². The first kappa shape index (κ1) is 15.1. The number of carbonyl (C=O) groups excluding carboxylic acids is 1. The Kier molecular flexibility index (Phi) is 4.82. The number of nitrogens with zero attached hydrogens (tertiary/aromatic N) is 2. The fourth-order valence-electron chi connectivity index (χ4n) is 2.56. The van der Waals surface area contributed by atoms with Gasteiger partial charge in [0.05, 0.1) is 19.8 Å². The highest BCUT2D eigenvalue weighted by Crippen LogP contribution is 2.37. The lowest BCUT2D eigenvalue weighted by molar-refractivity contribution is -0.151. The molecule has 1 heterocycles. The SMILES string of the molecule is CN=C(NCC(=O)N(C)C)NC1CCC2(C1)OCCO2. The zero-order valence-corrected chi connectivity index (χ0v) is 12.4. The van der Waals surface area contributed by atoms with E-state index < -0.39 is 5.79 Å². The standard InChI is InChI=1S/C13H24N4O3/c1-14-12(15-9-11(18)17(2)3)16-10-4-5-13(8-10)19-6-7-20-13/h10H,4-9H2,1-3H3,(H2,14,15,16). The van der Waals surface area contributed by atoms with Gasteiger partial charge in [-0.1, -0.05) is 0 Å². The van der Waals surface area contributed by atoms with Gasteiger partial charge in [0.15, 0.2) is 11.7 Å². The van der Waals surface area contributed by atoms with Gasteiger partial charge in [0.1, 0.15) is 0 Å². The number of rotatable bonds is 3. The average Bonchev–Trinajstić information content (AvgIpc) is 3.04. The predicted octanol–water partition coefficient (Wildman–Crippen LogP) is -0.465. The molecule has 0 aromatic heterocycles. The van der Waals surface area contributed by atoms with Crippen LogP contribution in [-0.4, -0.2) is 69.5 Å². The molecule has 2 N–H and O–H groups in total. The number of ether oxygens (including phenoxy) is 2. The summed E-state index contributed by atoms with van der Waals surface area (Å²) in [7, 11) is 5.16. The maximum atomic E-state index is 11.5. The zero-order valence-electron chi connectivity index (χ0n) is 12.4. The molecule has 0 aromatic rings. The Balaban J connectivity index is 1.78. The first-order valence-corrected chi connectivity index (χ1v) is 7.00. The fraction of sp³-hybridized carbons (Fsp3) is 0.846. The van der Waals surface area contributed by atoms with E-state index >= 15 is 0 Å². The summed E-state index contributed by atoms with van der Waals surface area (Å²) in [4.78, 5) is 17.2. The van der Waals surface area contributed by atoms with Crippen LogP contribution in [0.3, 0.4) is 0 Å². The molecule has 7 heteroatoms. The first-order valence-electron chi connectivity index (χ1n) is 7.00. The summed E-state index contributed by atoms with van der Waals surface area (Å²) in [6, 6.07) is 0.258. The van der Waals surface area contributed by atoms with Crippen molar-refractivity contribution in [3.63, 3.8) is 0 Å². The van der Waals surface area contributed by atoms with Crippen molar-refractivity contribution in [3.05, 3.63) is 0 Å². The number of carbonyl (C=O) groups is 1. The summed E-state index contributed by atoms with van der Waals surface area (Å²) < 4.78 is 11.4. The average molecular weight is 284 g/mol. The summed E-state index contributed by atoms with van der Waals surface area (Å²) in [5, 5.41) is 6.34. The number of amides is 1. The highest BCUT2D eigenvalue weighted by Gasteiger charge is 2.44.